The van der Waals surface area contributed by atoms with Crippen LogP contribution in [0, 0.1) is 10.1 Å². The molecule has 8 heteroatoms. The topological polar surface area (TPSA) is 120 Å². The first-order chi connectivity index (χ1) is 8.11. The number of primary amides is 1. The number of pyridine rings is 1. The van der Waals surface area contributed by atoms with E-state index in [1.807, 2.05) is 0 Å². The van der Waals surface area contributed by atoms with Gasteiger partial charge in [-0.2, -0.15) is 0 Å². The second kappa shape index (κ2) is 6.38. The van der Waals surface area contributed by atoms with Crippen LogP contribution in [-0.2, 0) is 9.53 Å². The average molecular weight is 240 g/mol. The van der Waals surface area contributed by atoms with Gasteiger partial charge in [0.1, 0.15) is 6.61 Å². The van der Waals surface area contributed by atoms with E-state index in [0.29, 0.717) is 6.54 Å². The largest absolute Gasteiger partial charge is 0.370 e. The van der Waals surface area contributed by atoms with E-state index in [-0.39, 0.29) is 24.7 Å². The van der Waals surface area contributed by atoms with Gasteiger partial charge in [0.15, 0.2) is 0 Å². The molecule has 1 aromatic heterocycles. The fourth-order valence-electron chi connectivity index (χ4n) is 1.09. The van der Waals surface area contributed by atoms with Crippen LogP contribution in [0.4, 0.5) is 11.5 Å². The molecule has 0 aliphatic heterocycles. The molecule has 1 heterocycles. The molecule has 1 aromatic rings. The molecule has 0 radical (unpaired) electrons. The van der Waals surface area contributed by atoms with Crippen LogP contribution in [0.3, 0.4) is 0 Å². The van der Waals surface area contributed by atoms with Gasteiger partial charge in [-0.3, -0.25) is 14.9 Å². The highest BCUT2D eigenvalue weighted by Gasteiger charge is 2.12. The van der Waals surface area contributed by atoms with Crippen LogP contribution < -0.4 is 11.1 Å². The number of hydrogen-bond acceptors (Lipinski definition) is 6. The molecule has 0 fully saturated rings. The van der Waals surface area contributed by atoms with Crippen molar-refractivity contribution >= 4 is 17.4 Å². The molecule has 3 N–H and O–H groups in total. The van der Waals surface area contributed by atoms with Gasteiger partial charge in [-0.1, -0.05) is 0 Å². The first-order valence-electron chi connectivity index (χ1n) is 4.80. The number of ether oxygens (including phenoxy) is 1. The minimum atomic E-state index is -0.561. The van der Waals surface area contributed by atoms with Crippen LogP contribution >= 0.6 is 0 Å². The van der Waals surface area contributed by atoms with Crippen molar-refractivity contribution in [2.75, 3.05) is 25.1 Å². The number of aromatic nitrogens is 1. The Kier molecular flexibility index (Phi) is 4.82. The molecule has 0 unspecified atom stereocenters. The third-order valence-corrected chi connectivity index (χ3v) is 1.77. The molecule has 0 atom stereocenters. The van der Waals surface area contributed by atoms with Crippen molar-refractivity contribution in [3.63, 3.8) is 0 Å². The van der Waals surface area contributed by atoms with Gasteiger partial charge in [0, 0.05) is 18.8 Å². The minimum Gasteiger partial charge on any atom is -0.370 e. The fraction of sp³-hybridized carbons (Fsp3) is 0.333. The van der Waals surface area contributed by atoms with Gasteiger partial charge in [0.25, 0.3) is 0 Å². The molecule has 0 saturated heterocycles. The Hall–Kier alpha value is -2.22. The van der Waals surface area contributed by atoms with E-state index < -0.39 is 10.8 Å². The van der Waals surface area contributed by atoms with Crippen LogP contribution in [-0.4, -0.2) is 35.6 Å². The van der Waals surface area contributed by atoms with Crippen molar-refractivity contribution in [1.82, 2.24) is 4.98 Å². The van der Waals surface area contributed by atoms with Gasteiger partial charge in [-0.25, -0.2) is 4.98 Å². The number of nitro groups is 1. The normalized spacial score (nSPS) is 9.88. The third-order valence-electron chi connectivity index (χ3n) is 1.77. The van der Waals surface area contributed by atoms with Gasteiger partial charge < -0.3 is 15.8 Å². The number of nitrogens with two attached hydrogens (primary N) is 1. The Morgan fingerprint density at radius 2 is 2.41 bits per heavy atom. The predicted octanol–water partition coefficient (Wildman–Crippen LogP) is -0.0964. The van der Waals surface area contributed by atoms with E-state index in [9.17, 15) is 14.9 Å². The first kappa shape index (κ1) is 12.8. The van der Waals surface area contributed by atoms with E-state index >= 15 is 0 Å². The maximum absolute atomic E-state index is 10.6. The van der Waals surface area contributed by atoms with E-state index in [4.69, 9.17) is 10.5 Å². The summed E-state index contributed by atoms with van der Waals surface area (Å²) in [7, 11) is 0. The van der Waals surface area contributed by atoms with Gasteiger partial charge in [0.05, 0.1) is 11.5 Å². The van der Waals surface area contributed by atoms with Crippen molar-refractivity contribution in [1.29, 1.82) is 0 Å². The van der Waals surface area contributed by atoms with Crippen LogP contribution in [0.2, 0.25) is 0 Å². The van der Waals surface area contributed by atoms with Gasteiger partial charge in [-0.15, -0.1) is 0 Å². The summed E-state index contributed by atoms with van der Waals surface area (Å²) in [6.07, 6.45) is 1.44. The molecule has 8 nitrogen and oxygen atoms in total. The molecule has 1 rings (SSSR count). The van der Waals surface area contributed by atoms with Gasteiger partial charge >= 0.3 is 5.69 Å². The van der Waals surface area contributed by atoms with Crippen LogP contribution in [0.25, 0.3) is 0 Å². The lowest BCUT2D eigenvalue weighted by atomic mass is 10.4. The Labute approximate surface area is 96.9 Å². The fourth-order valence-corrected chi connectivity index (χ4v) is 1.09. The number of hydrogen-bond donors (Lipinski definition) is 2. The Bertz CT molecular complexity index is 410. The highest BCUT2D eigenvalue weighted by atomic mass is 16.6. The second-order valence-corrected chi connectivity index (χ2v) is 3.07. The summed E-state index contributed by atoms with van der Waals surface area (Å²) in [4.78, 5) is 24.3. The van der Waals surface area contributed by atoms with Crippen molar-refractivity contribution in [3.8, 4) is 0 Å². The molecule has 0 bridgehead atoms. The van der Waals surface area contributed by atoms with Crippen molar-refractivity contribution in [2.45, 2.75) is 0 Å². The highest BCUT2D eigenvalue weighted by Crippen LogP contribution is 2.19. The molecule has 17 heavy (non-hydrogen) atoms. The van der Waals surface area contributed by atoms with Crippen LogP contribution in [0.15, 0.2) is 18.3 Å². The monoisotopic (exact) mass is 240 g/mol. The van der Waals surface area contributed by atoms with Gasteiger partial charge in [0.2, 0.25) is 11.7 Å². The van der Waals surface area contributed by atoms with Crippen LogP contribution in [0.5, 0.6) is 0 Å². The number of amides is 1. The Morgan fingerprint density at radius 3 is 3.06 bits per heavy atom. The minimum absolute atomic E-state index is 0.109. The van der Waals surface area contributed by atoms with Crippen LogP contribution in [0.1, 0.15) is 0 Å². The summed E-state index contributed by atoms with van der Waals surface area (Å²) >= 11 is 0. The molecule has 0 aliphatic rings. The molecule has 0 saturated carbocycles. The molecular weight excluding hydrogens is 228 g/mol. The summed E-state index contributed by atoms with van der Waals surface area (Å²) in [6, 6.07) is 2.83. The summed E-state index contributed by atoms with van der Waals surface area (Å²) < 4.78 is 4.88. The number of carbonyl (C=O) groups is 1. The zero-order chi connectivity index (χ0) is 12.7. The summed E-state index contributed by atoms with van der Waals surface area (Å²) in [5.74, 6) is -0.394. The SMILES string of the molecule is NC(=O)COCCNc1ncccc1[N+](=O)[O-]. The standard InChI is InChI=1S/C9H12N4O4/c10-8(14)6-17-5-4-12-9-7(13(15)16)2-1-3-11-9/h1-3H,4-6H2,(H2,10,14)(H,11,12). The van der Waals surface area contributed by atoms with Gasteiger partial charge in [-0.05, 0) is 6.07 Å². The number of anilines is 1. The van der Waals surface area contributed by atoms with E-state index in [1.165, 1.54) is 18.3 Å². The Balaban J connectivity index is 2.41. The quantitative estimate of drug-likeness (QED) is 0.390. The second-order valence-electron chi connectivity index (χ2n) is 3.07. The maximum Gasteiger partial charge on any atom is 0.311 e. The summed E-state index contributed by atoms with van der Waals surface area (Å²) in [6.45, 7) is 0.327. The number of nitrogens with zero attached hydrogens (tertiary/aromatic N) is 2. The van der Waals surface area contributed by atoms with E-state index in [2.05, 4.69) is 10.3 Å². The number of carbonyl (C=O) groups excluding carboxylic acids is 1. The third kappa shape index (κ3) is 4.43. The molecule has 0 aliphatic carbocycles. The zero-order valence-electron chi connectivity index (χ0n) is 8.96. The van der Waals surface area contributed by atoms with Crippen molar-refractivity contribution < 1.29 is 14.5 Å². The molecule has 1 amide bonds. The average Bonchev–Trinajstić information content (AvgIpc) is 2.28. The molecule has 92 valence electrons. The number of nitrogens with one attached hydrogen (secondary N) is 1. The first-order valence-corrected chi connectivity index (χ1v) is 4.80. The van der Waals surface area contributed by atoms with E-state index in [1.54, 1.807) is 0 Å². The molecule has 0 aromatic carbocycles. The number of rotatable bonds is 7. The lowest BCUT2D eigenvalue weighted by Crippen LogP contribution is -2.20. The highest BCUT2D eigenvalue weighted by molar-refractivity contribution is 5.74. The smallest absolute Gasteiger partial charge is 0.311 e. The predicted molar refractivity (Wildman–Crippen MR) is 59.4 cm³/mol. The molecule has 0 spiro atoms. The summed E-state index contributed by atoms with van der Waals surface area (Å²) in [5, 5.41) is 13.4. The zero-order valence-corrected chi connectivity index (χ0v) is 8.96. The van der Waals surface area contributed by atoms with Crippen molar-refractivity contribution in [3.05, 3.63) is 28.4 Å². The lowest BCUT2D eigenvalue weighted by Gasteiger charge is -2.05. The van der Waals surface area contributed by atoms with Crippen molar-refractivity contribution in [2.24, 2.45) is 5.73 Å². The van der Waals surface area contributed by atoms with E-state index in [0.717, 1.165) is 0 Å². The Morgan fingerprint density at radius 1 is 1.65 bits per heavy atom. The molecular formula is C9H12N4O4. The maximum atomic E-state index is 10.6. The lowest BCUT2D eigenvalue weighted by molar-refractivity contribution is -0.384. The summed E-state index contributed by atoms with van der Waals surface area (Å²) in [5.41, 5.74) is 4.75.